The minimum atomic E-state index is 0.0442. The van der Waals surface area contributed by atoms with Gasteiger partial charge in [0.25, 0.3) is 5.70 Å². The van der Waals surface area contributed by atoms with Crippen molar-refractivity contribution in [1.82, 2.24) is 0 Å². The third kappa shape index (κ3) is 4.22. The van der Waals surface area contributed by atoms with E-state index in [0.717, 1.165) is 11.3 Å². The first-order chi connectivity index (χ1) is 14.1. The highest BCUT2D eigenvalue weighted by Crippen LogP contribution is 2.33. The Bertz CT molecular complexity index is 1060. The Balaban J connectivity index is 1.75. The second-order valence-corrected chi connectivity index (χ2v) is 7.07. The Morgan fingerprint density at radius 1 is 0.966 bits per heavy atom. The molecular weight excluding hydrogens is 384 g/mol. The standard InChI is InChI=1S/C23H20N2O3S/c1-16-5-8-18(9-6-16)24-23(29)21(25-11-3-2-4-12-25)22(26)17-7-10-19-20(15-17)28-14-13-27-19/h2-12,15H,13-14H2,1H3,(H-,24,26,29)/p+1. The van der Waals surface area contributed by atoms with Crippen molar-refractivity contribution in [3.8, 4) is 11.5 Å². The van der Waals surface area contributed by atoms with Gasteiger partial charge in [-0.1, -0.05) is 36.0 Å². The van der Waals surface area contributed by atoms with Gasteiger partial charge in [0, 0.05) is 23.4 Å². The van der Waals surface area contributed by atoms with E-state index in [1.807, 2.05) is 61.8 Å². The Kier molecular flexibility index (Phi) is 5.44. The number of nitrogens with zero attached hydrogens (tertiary/aromatic N) is 1. The Morgan fingerprint density at radius 2 is 1.66 bits per heavy atom. The number of aromatic nitrogens is 1. The van der Waals surface area contributed by atoms with Crippen LogP contribution in [0.5, 0.6) is 11.5 Å². The molecule has 2 heterocycles. The second-order valence-electron chi connectivity index (χ2n) is 6.66. The molecule has 0 saturated carbocycles. The fourth-order valence-electron chi connectivity index (χ4n) is 3.05. The van der Waals surface area contributed by atoms with E-state index in [1.54, 1.807) is 22.8 Å². The van der Waals surface area contributed by atoms with Crippen molar-refractivity contribution in [2.75, 3.05) is 18.5 Å². The molecule has 146 valence electrons. The van der Waals surface area contributed by atoms with Crippen LogP contribution in [-0.2, 0) is 0 Å². The van der Waals surface area contributed by atoms with Crippen LogP contribution in [-0.4, -0.2) is 23.3 Å². The predicted octanol–water partition coefficient (Wildman–Crippen LogP) is 4.38. The number of nitrogens with one attached hydrogen (secondary N) is 1. The molecule has 3 aromatic rings. The highest BCUT2D eigenvalue weighted by atomic mass is 32.1. The van der Waals surface area contributed by atoms with E-state index >= 15 is 0 Å². The van der Waals surface area contributed by atoms with Gasteiger partial charge in [-0.05, 0) is 37.3 Å². The molecule has 0 saturated heterocycles. The number of pyridine rings is 1. The molecule has 0 radical (unpaired) electrons. The summed E-state index contributed by atoms with van der Waals surface area (Å²) in [6, 6.07) is 18.9. The Labute approximate surface area is 174 Å². The van der Waals surface area contributed by atoms with Crippen molar-refractivity contribution in [2.24, 2.45) is 0 Å². The third-order valence-electron chi connectivity index (χ3n) is 4.54. The van der Waals surface area contributed by atoms with Gasteiger partial charge in [0.1, 0.15) is 13.2 Å². The van der Waals surface area contributed by atoms with Crippen LogP contribution in [0.25, 0.3) is 11.5 Å². The number of hydrogen-bond acceptors (Lipinski definition) is 4. The summed E-state index contributed by atoms with van der Waals surface area (Å²) in [5.41, 5.74) is 3.07. The number of fused-ring (bicyclic) bond motifs is 1. The van der Waals surface area contributed by atoms with Crippen LogP contribution in [0.1, 0.15) is 11.1 Å². The maximum Gasteiger partial charge on any atom is 0.288 e. The summed E-state index contributed by atoms with van der Waals surface area (Å²) in [5.74, 6) is 1.32. The molecule has 2 aromatic carbocycles. The summed E-state index contributed by atoms with van der Waals surface area (Å²) < 4.78 is 13.0. The molecule has 1 aromatic heterocycles. The topological polar surface area (TPSA) is 54.6 Å². The van der Waals surface area contributed by atoms with Crippen molar-refractivity contribution < 1.29 is 19.1 Å². The molecule has 0 aliphatic carbocycles. The molecule has 0 bridgehead atoms. The summed E-state index contributed by atoms with van der Waals surface area (Å²) in [7, 11) is 0. The van der Waals surface area contributed by atoms with Crippen LogP contribution >= 0.6 is 12.2 Å². The number of thiocarbonyl (C=S) groups is 1. The second kappa shape index (κ2) is 8.32. The summed E-state index contributed by atoms with van der Waals surface area (Å²) in [6.07, 6.45) is 3.68. The molecule has 0 amide bonds. The molecule has 0 fully saturated rings. The molecule has 4 rings (SSSR count). The highest BCUT2D eigenvalue weighted by Gasteiger charge is 2.25. The van der Waals surface area contributed by atoms with Gasteiger partial charge in [-0.2, -0.15) is 4.57 Å². The first-order valence-electron chi connectivity index (χ1n) is 9.30. The number of aliphatic hydroxyl groups is 1. The van der Waals surface area contributed by atoms with Gasteiger partial charge in [0.05, 0.1) is 0 Å². The van der Waals surface area contributed by atoms with Gasteiger partial charge in [-0.15, -0.1) is 0 Å². The van der Waals surface area contributed by atoms with Crippen LogP contribution < -0.4 is 19.4 Å². The molecule has 1 aliphatic heterocycles. The molecule has 29 heavy (non-hydrogen) atoms. The average Bonchev–Trinajstić information content (AvgIpc) is 2.76. The highest BCUT2D eigenvalue weighted by molar-refractivity contribution is 7.81. The van der Waals surface area contributed by atoms with E-state index in [0.29, 0.717) is 41.0 Å². The van der Waals surface area contributed by atoms with Gasteiger partial charge in [-0.3, -0.25) is 0 Å². The van der Waals surface area contributed by atoms with Gasteiger partial charge < -0.3 is 19.9 Å². The zero-order valence-corrected chi connectivity index (χ0v) is 16.8. The monoisotopic (exact) mass is 405 g/mol. The van der Waals surface area contributed by atoms with Crippen molar-refractivity contribution in [2.45, 2.75) is 6.92 Å². The maximum atomic E-state index is 11.2. The lowest BCUT2D eigenvalue weighted by molar-refractivity contribution is -0.575. The van der Waals surface area contributed by atoms with Crippen LogP contribution in [0.4, 0.5) is 5.69 Å². The largest absolute Gasteiger partial charge is 0.502 e. The number of aliphatic hydroxyl groups excluding tert-OH is 1. The molecule has 0 spiro atoms. The van der Waals surface area contributed by atoms with Gasteiger partial charge in [0.15, 0.2) is 34.6 Å². The normalized spacial score (nSPS) is 13.4. The Hall–Kier alpha value is -3.38. The number of anilines is 1. The van der Waals surface area contributed by atoms with Crippen molar-refractivity contribution >= 4 is 34.3 Å². The van der Waals surface area contributed by atoms with E-state index < -0.39 is 0 Å². The first-order valence-corrected chi connectivity index (χ1v) is 9.70. The van der Waals surface area contributed by atoms with E-state index in [4.69, 9.17) is 21.7 Å². The predicted molar refractivity (Wildman–Crippen MR) is 117 cm³/mol. The molecule has 6 heteroatoms. The number of rotatable bonds is 4. The minimum Gasteiger partial charge on any atom is -0.502 e. The maximum absolute atomic E-state index is 11.2. The molecule has 5 nitrogen and oxygen atoms in total. The number of benzene rings is 2. The quantitative estimate of drug-likeness (QED) is 0.292. The van der Waals surface area contributed by atoms with Crippen LogP contribution in [0.2, 0.25) is 0 Å². The van der Waals surface area contributed by atoms with E-state index in [9.17, 15) is 5.11 Å². The van der Waals surface area contributed by atoms with Crippen molar-refractivity contribution in [1.29, 1.82) is 0 Å². The molecule has 1 aliphatic rings. The number of ether oxygens (including phenoxy) is 2. The third-order valence-corrected chi connectivity index (χ3v) is 4.83. The fourth-order valence-corrected chi connectivity index (χ4v) is 3.37. The fraction of sp³-hybridized carbons (Fsp3) is 0.130. The van der Waals surface area contributed by atoms with Crippen LogP contribution in [0, 0.1) is 6.92 Å². The lowest BCUT2D eigenvalue weighted by Crippen LogP contribution is -2.38. The smallest absolute Gasteiger partial charge is 0.288 e. The Morgan fingerprint density at radius 3 is 2.38 bits per heavy atom. The van der Waals surface area contributed by atoms with Gasteiger partial charge in [-0.25, -0.2) is 0 Å². The molecule has 2 N–H and O–H groups in total. The first kappa shape index (κ1) is 19.0. The van der Waals surface area contributed by atoms with E-state index in [-0.39, 0.29) is 5.76 Å². The summed E-state index contributed by atoms with van der Waals surface area (Å²) >= 11 is 5.66. The van der Waals surface area contributed by atoms with Gasteiger partial charge in [0.2, 0.25) is 0 Å². The molecule has 0 unspecified atom stereocenters. The molecule has 0 atom stereocenters. The summed E-state index contributed by atoms with van der Waals surface area (Å²) in [6.45, 7) is 3.03. The van der Waals surface area contributed by atoms with Gasteiger partial charge >= 0.3 is 0 Å². The molecular formula is C23H21N2O3S+. The average molecular weight is 405 g/mol. The minimum absolute atomic E-state index is 0.0442. The zero-order chi connectivity index (χ0) is 20.2. The zero-order valence-electron chi connectivity index (χ0n) is 16.0. The SMILES string of the molecule is Cc1ccc(NC(=S)/C(=C(/O)c2ccc3c(c2)OCCO3)[n+]2ccccc2)cc1. The lowest BCUT2D eigenvalue weighted by atomic mass is 10.1. The van der Waals surface area contributed by atoms with Crippen LogP contribution in [0.15, 0.2) is 73.1 Å². The van der Waals surface area contributed by atoms with Crippen molar-refractivity contribution in [3.63, 3.8) is 0 Å². The van der Waals surface area contributed by atoms with E-state index in [1.165, 1.54) is 0 Å². The number of aryl methyl sites for hydroxylation is 1. The summed E-state index contributed by atoms with van der Waals surface area (Å²) in [4.78, 5) is 0.400. The summed E-state index contributed by atoms with van der Waals surface area (Å²) in [5, 5.41) is 14.4. The van der Waals surface area contributed by atoms with Crippen LogP contribution in [0.3, 0.4) is 0 Å². The lowest BCUT2D eigenvalue weighted by Gasteiger charge is -2.19. The van der Waals surface area contributed by atoms with E-state index in [2.05, 4.69) is 5.32 Å². The number of hydrogen-bond donors (Lipinski definition) is 2. The van der Waals surface area contributed by atoms with Crippen molar-refractivity contribution in [3.05, 3.63) is 84.2 Å².